The van der Waals surface area contributed by atoms with Gasteiger partial charge in [0.25, 0.3) is 0 Å². The van der Waals surface area contributed by atoms with Crippen molar-refractivity contribution in [3.05, 3.63) is 77.9 Å². The molecule has 0 saturated carbocycles. The Bertz CT molecular complexity index is 1480. The average Bonchev–Trinajstić information content (AvgIpc) is 2.89. The van der Waals surface area contributed by atoms with E-state index in [1.165, 1.54) is 12.1 Å². The Balaban J connectivity index is 1.63. The van der Waals surface area contributed by atoms with Crippen LogP contribution in [0, 0.1) is 6.92 Å². The first kappa shape index (κ1) is 31.8. The maximum Gasteiger partial charge on any atom is 0.242 e. The van der Waals surface area contributed by atoms with Gasteiger partial charge in [0.15, 0.2) is 0 Å². The largest absolute Gasteiger partial charge is 0.352 e. The quantitative estimate of drug-likeness (QED) is 0.259. The minimum absolute atomic E-state index is 0.0205. The SMILES string of the molecule is Cc1ccc(S(=O)(=O)N[C@@H](CCC(=O)NC(C)(C)C)CC(=O)N[C@@H](C)C(=O)NCc2cccc3ccccc23)cc1. The summed E-state index contributed by atoms with van der Waals surface area (Å²) in [5.74, 6) is -1.13. The molecule has 0 aliphatic carbocycles. The van der Waals surface area contributed by atoms with E-state index in [0.717, 1.165) is 21.9 Å². The predicted molar refractivity (Wildman–Crippen MR) is 160 cm³/mol. The molecule has 0 aromatic heterocycles. The fourth-order valence-electron chi connectivity index (χ4n) is 4.37. The van der Waals surface area contributed by atoms with Gasteiger partial charge in [-0.15, -0.1) is 0 Å². The van der Waals surface area contributed by atoms with Crippen LogP contribution in [0.5, 0.6) is 0 Å². The van der Waals surface area contributed by atoms with Crippen LogP contribution in [0.1, 0.15) is 58.1 Å². The standard InChI is InChI=1S/C31H40N4O5S/c1-21-13-16-26(17-14-21)41(39,40)35-25(15-18-28(36)34-31(3,4)5)19-29(37)33-22(2)30(38)32-20-24-11-8-10-23-9-6-7-12-27(23)24/h6-14,16-17,22,25,35H,15,18-20H2,1-5H3,(H,32,38)(H,33,37)(H,34,36)/t22-,25-/m0/s1. The van der Waals surface area contributed by atoms with Crippen LogP contribution in [0.4, 0.5) is 0 Å². The summed E-state index contributed by atoms with van der Waals surface area (Å²) in [5.41, 5.74) is 1.42. The second-order valence-electron chi connectivity index (χ2n) is 11.3. The van der Waals surface area contributed by atoms with Crippen LogP contribution in [-0.4, -0.2) is 43.8 Å². The second-order valence-corrected chi connectivity index (χ2v) is 13.0. The molecule has 3 aromatic carbocycles. The summed E-state index contributed by atoms with van der Waals surface area (Å²) in [5, 5.41) is 10.5. The van der Waals surface area contributed by atoms with Gasteiger partial charge in [0.05, 0.1) is 4.90 Å². The molecule has 0 aliphatic heterocycles. The summed E-state index contributed by atoms with van der Waals surface area (Å²) in [6, 6.07) is 18.4. The van der Waals surface area contributed by atoms with E-state index in [-0.39, 0.29) is 36.0 Å². The van der Waals surface area contributed by atoms with E-state index in [1.54, 1.807) is 19.1 Å². The van der Waals surface area contributed by atoms with Crippen molar-refractivity contribution in [2.45, 2.75) is 82.9 Å². The summed E-state index contributed by atoms with van der Waals surface area (Å²) in [6.07, 6.45) is -0.121. The van der Waals surface area contributed by atoms with Gasteiger partial charge in [0.2, 0.25) is 27.7 Å². The highest BCUT2D eigenvalue weighted by Crippen LogP contribution is 2.18. The molecular formula is C31H40N4O5S. The second kappa shape index (κ2) is 13.7. The highest BCUT2D eigenvalue weighted by molar-refractivity contribution is 7.89. The Morgan fingerprint density at radius 2 is 1.54 bits per heavy atom. The molecule has 0 saturated heterocycles. The molecule has 220 valence electrons. The first-order valence-electron chi connectivity index (χ1n) is 13.7. The highest BCUT2D eigenvalue weighted by atomic mass is 32.2. The molecule has 0 heterocycles. The third-order valence-corrected chi connectivity index (χ3v) is 7.96. The van der Waals surface area contributed by atoms with Crippen molar-refractivity contribution in [1.82, 2.24) is 20.7 Å². The third kappa shape index (κ3) is 9.98. The summed E-state index contributed by atoms with van der Waals surface area (Å²) in [6.45, 7) is 9.26. The zero-order valence-electron chi connectivity index (χ0n) is 24.3. The molecule has 9 nitrogen and oxygen atoms in total. The lowest BCUT2D eigenvalue weighted by atomic mass is 10.0. The lowest BCUT2D eigenvalue weighted by Crippen LogP contribution is -2.47. The molecule has 0 bridgehead atoms. The number of benzene rings is 3. The molecule has 3 rings (SSSR count). The maximum atomic E-state index is 13.0. The summed E-state index contributed by atoms with van der Waals surface area (Å²) < 4.78 is 28.7. The van der Waals surface area contributed by atoms with Crippen molar-refractivity contribution in [3.63, 3.8) is 0 Å². The molecule has 0 spiro atoms. The van der Waals surface area contributed by atoms with Gasteiger partial charge in [-0.1, -0.05) is 60.2 Å². The third-order valence-electron chi connectivity index (χ3n) is 6.42. The van der Waals surface area contributed by atoms with Gasteiger partial charge >= 0.3 is 0 Å². The van der Waals surface area contributed by atoms with Crippen LogP contribution < -0.4 is 20.7 Å². The average molecular weight is 581 g/mol. The van der Waals surface area contributed by atoms with Gasteiger partial charge in [-0.3, -0.25) is 14.4 Å². The Morgan fingerprint density at radius 1 is 0.878 bits per heavy atom. The van der Waals surface area contributed by atoms with Crippen LogP contribution >= 0.6 is 0 Å². The van der Waals surface area contributed by atoms with Gasteiger partial charge < -0.3 is 16.0 Å². The van der Waals surface area contributed by atoms with Gasteiger partial charge in [-0.2, -0.15) is 0 Å². The maximum absolute atomic E-state index is 13.0. The number of hydrogen-bond acceptors (Lipinski definition) is 5. The predicted octanol–water partition coefficient (Wildman–Crippen LogP) is 3.70. The van der Waals surface area contributed by atoms with Crippen LogP contribution in [-0.2, 0) is 31.0 Å². The molecule has 2 atom stereocenters. The van der Waals surface area contributed by atoms with Crippen molar-refractivity contribution in [1.29, 1.82) is 0 Å². The lowest BCUT2D eigenvalue weighted by molar-refractivity contribution is -0.129. The van der Waals surface area contributed by atoms with Crippen LogP contribution in [0.2, 0.25) is 0 Å². The van der Waals surface area contributed by atoms with E-state index >= 15 is 0 Å². The Morgan fingerprint density at radius 3 is 2.22 bits per heavy atom. The van der Waals surface area contributed by atoms with Crippen LogP contribution in [0.15, 0.2) is 71.6 Å². The van der Waals surface area contributed by atoms with Crippen molar-refractivity contribution in [2.24, 2.45) is 0 Å². The van der Waals surface area contributed by atoms with Gasteiger partial charge in [-0.25, -0.2) is 13.1 Å². The lowest BCUT2D eigenvalue weighted by Gasteiger charge is -2.23. The molecule has 3 aromatic rings. The van der Waals surface area contributed by atoms with E-state index in [9.17, 15) is 22.8 Å². The number of rotatable bonds is 12. The van der Waals surface area contributed by atoms with E-state index in [1.807, 2.05) is 70.2 Å². The van der Waals surface area contributed by atoms with E-state index in [0.29, 0.717) is 6.54 Å². The molecule has 4 N–H and O–H groups in total. The molecule has 41 heavy (non-hydrogen) atoms. The van der Waals surface area contributed by atoms with Gasteiger partial charge in [-0.05, 0) is 69.5 Å². The van der Waals surface area contributed by atoms with Crippen molar-refractivity contribution in [2.75, 3.05) is 0 Å². The number of aryl methyl sites for hydroxylation is 1. The Kier molecular flexibility index (Phi) is 10.6. The minimum atomic E-state index is -3.95. The molecule has 3 amide bonds. The monoisotopic (exact) mass is 580 g/mol. The fourth-order valence-corrected chi connectivity index (χ4v) is 5.64. The minimum Gasteiger partial charge on any atom is -0.352 e. The molecular weight excluding hydrogens is 540 g/mol. The number of sulfonamides is 1. The van der Waals surface area contributed by atoms with E-state index in [2.05, 4.69) is 20.7 Å². The smallest absolute Gasteiger partial charge is 0.242 e. The number of carbonyl (C=O) groups is 3. The van der Waals surface area contributed by atoms with Crippen molar-refractivity contribution in [3.8, 4) is 0 Å². The normalized spacial score (nSPS) is 13.3. The van der Waals surface area contributed by atoms with Crippen molar-refractivity contribution < 1.29 is 22.8 Å². The van der Waals surface area contributed by atoms with Crippen LogP contribution in [0.25, 0.3) is 10.8 Å². The van der Waals surface area contributed by atoms with E-state index in [4.69, 9.17) is 0 Å². The summed E-state index contributed by atoms with van der Waals surface area (Å²) in [4.78, 5) is 38.2. The molecule has 0 fully saturated rings. The zero-order chi connectivity index (χ0) is 30.2. The number of hydrogen-bond donors (Lipinski definition) is 4. The number of amides is 3. The zero-order valence-corrected chi connectivity index (χ0v) is 25.1. The molecule has 0 aliphatic rings. The Labute approximate surface area is 242 Å². The topological polar surface area (TPSA) is 133 Å². The Hall–Kier alpha value is -3.76. The highest BCUT2D eigenvalue weighted by Gasteiger charge is 2.25. The van der Waals surface area contributed by atoms with E-state index < -0.39 is 33.6 Å². The molecule has 0 unspecified atom stereocenters. The fraction of sp³-hybridized carbons (Fsp3) is 0.387. The summed E-state index contributed by atoms with van der Waals surface area (Å²) >= 11 is 0. The number of carbonyl (C=O) groups excluding carboxylic acids is 3. The summed E-state index contributed by atoms with van der Waals surface area (Å²) in [7, 11) is -3.95. The van der Waals surface area contributed by atoms with Crippen molar-refractivity contribution >= 4 is 38.5 Å². The van der Waals surface area contributed by atoms with Gasteiger partial charge in [0.1, 0.15) is 6.04 Å². The first-order valence-corrected chi connectivity index (χ1v) is 15.2. The molecule has 0 radical (unpaired) electrons. The number of nitrogens with one attached hydrogen (secondary N) is 4. The molecule has 10 heteroatoms. The first-order chi connectivity index (χ1) is 19.2. The van der Waals surface area contributed by atoms with Crippen LogP contribution in [0.3, 0.4) is 0 Å². The number of fused-ring (bicyclic) bond motifs is 1. The van der Waals surface area contributed by atoms with Gasteiger partial charge in [0, 0.05) is 31.0 Å².